The molecular formula is C13H17NO2S. The van der Waals surface area contributed by atoms with Crippen molar-refractivity contribution in [3.05, 3.63) is 29.8 Å². The second-order valence-electron chi connectivity index (χ2n) is 4.17. The maximum absolute atomic E-state index is 11.7. The zero-order valence-electron chi connectivity index (χ0n) is 10.1. The molecule has 1 saturated heterocycles. The predicted molar refractivity (Wildman–Crippen MR) is 69.3 cm³/mol. The first kappa shape index (κ1) is 12.5. The summed E-state index contributed by atoms with van der Waals surface area (Å²) in [6.45, 7) is 1.56. The predicted octanol–water partition coefficient (Wildman–Crippen LogP) is 1.88. The van der Waals surface area contributed by atoms with E-state index in [1.807, 2.05) is 0 Å². The van der Waals surface area contributed by atoms with E-state index in [2.05, 4.69) is 35.8 Å². The number of hydrogen-bond donors (Lipinski definition) is 1. The van der Waals surface area contributed by atoms with Gasteiger partial charge in [0.15, 0.2) is 0 Å². The van der Waals surface area contributed by atoms with Crippen molar-refractivity contribution in [1.29, 1.82) is 0 Å². The van der Waals surface area contributed by atoms with E-state index in [-0.39, 0.29) is 17.8 Å². The Morgan fingerprint density at radius 3 is 2.65 bits per heavy atom. The number of hydrogen-bond acceptors (Lipinski definition) is 4. The maximum atomic E-state index is 11.7. The van der Waals surface area contributed by atoms with Crippen molar-refractivity contribution in [2.45, 2.75) is 10.8 Å². The molecule has 0 bridgehead atoms. The van der Waals surface area contributed by atoms with Crippen LogP contribution in [0.25, 0.3) is 0 Å². The van der Waals surface area contributed by atoms with Gasteiger partial charge in [-0.25, -0.2) is 0 Å². The average Bonchev–Trinajstić information content (AvgIpc) is 2.87. The Balaban J connectivity index is 2.17. The van der Waals surface area contributed by atoms with Crippen molar-refractivity contribution in [1.82, 2.24) is 5.32 Å². The highest BCUT2D eigenvalue weighted by molar-refractivity contribution is 7.98. The minimum Gasteiger partial charge on any atom is -0.469 e. The number of thioether (sulfide) groups is 1. The van der Waals surface area contributed by atoms with Crippen LogP contribution in [0.1, 0.15) is 11.5 Å². The standard InChI is InChI=1S/C13H17NO2S/c1-16-13(15)12-8-14-7-11(12)9-3-5-10(17-2)6-4-9/h3-6,11-12,14H,7-8H2,1-2H3. The fourth-order valence-electron chi connectivity index (χ4n) is 2.28. The Bertz CT molecular complexity index is 391. The van der Waals surface area contributed by atoms with Crippen LogP contribution < -0.4 is 5.32 Å². The molecule has 1 aliphatic rings. The summed E-state index contributed by atoms with van der Waals surface area (Å²) >= 11 is 1.72. The smallest absolute Gasteiger partial charge is 0.310 e. The molecule has 0 aliphatic carbocycles. The van der Waals surface area contributed by atoms with Gasteiger partial charge in [0.1, 0.15) is 0 Å². The van der Waals surface area contributed by atoms with Crippen molar-refractivity contribution in [2.75, 3.05) is 26.5 Å². The summed E-state index contributed by atoms with van der Waals surface area (Å²) in [6.07, 6.45) is 2.06. The summed E-state index contributed by atoms with van der Waals surface area (Å²) < 4.78 is 4.85. The number of nitrogens with one attached hydrogen (secondary N) is 1. The van der Waals surface area contributed by atoms with E-state index < -0.39 is 0 Å². The molecule has 1 aromatic carbocycles. The molecular weight excluding hydrogens is 234 g/mol. The van der Waals surface area contributed by atoms with Crippen molar-refractivity contribution >= 4 is 17.7 Å². The van der Waals surface area contributed by atoms with Crippen LogP contribution in [0.5, 0.6) is 0 Å². The monoisotopic (exact) mass is 251 g/mol. The Labute approximate surface area is 106 Å². The molecule has 0 spiro atoms. The van der Waals surface area contributed by atoms with Crippen molar-refractivity contribution in [3.8, 4) is 0 Å². The van der Waals surface area contributed by atoms with E-state index in [0.29, 0.717) is 6.54 Å². The number of carbonyl (C=O) groups is 1. The molecule has 0 saturated carbocycles. The molecule has 2 rings (SSSR count). The van der Waals surface area contributed by atoms with Crippen LogP contribution in [0, 0.1) is 5.92 Å². The lowest BCUT2D eigenvalue weighted by Crippen LogP contribution is -2.22. The average molecular weight is 251 g/mol. The van der Waals surface area contributed by atoms with Crippen LogP contribution in [0.2, 0.25) is 0 Å². The Hall–Kier alpha value is -1.00. The van der Waals surface area contributed by atoms with Crippen LogP contribution in [0.4, 0.5) is 0 Å². The molecule has 3 nitrogen and oxygen atoms in total. The molecule has 1 N–H and O–H groups in total. The molecule has 2 unspecified atom stereocenters. The van der Waals surface area contributed by atoms with Gasteiger partial charge >= 0.3 is 5.97 Å². The van der Waals surface area contributed by atoms with Gasteiger partial charge in [-0.15, -0.1) is 11.8 Å². The normalized spacial score (nSPS) is 23.6. The van der Waals surface area contributed by atoms with E-state index >= 15 is 0 Å². The van der Waals surface area contributed by atoms with Gasteiger partial charge in [-0.3, -0.25) is 4.79 Å². The molecule has 1 aliphatic heterocycles. The van der Waals surface area contributed by atoms with E-state index in [1.54, 1.807) is 11.8 Å². The SMILES string of the molecule is COC(=O)C1CNCC1c1ccc(SC)cc1. The largest absolute Gasteiger partial charge is 0.469 e. The van der Waals surface area contributed by atoms with Crippen LogP contribution >= 0.6 is 11.8 Å². The summed E-state index contributed by atoms with van der Waals surface area (Å²) in [5.74, 6) is 0.0624. The summed E-state index contributed by atoms with van der Waals surface area (Å²) in [5.41, 5.74) is 1.21. The molecule has 92 valence electrons. The Morgan fingerprint density at radius 1 is 1.35 bits per heavy atom. The van der Waals surface area contributed by atoms with Gasteiger partial charge in [0, 0.05) is 23.9 Å². The fourth-order valence-corrected chi connectivity index (χ4v) is 2.69. The molecule has 0 amide bonds. The van der Waals surface area contributed by atoms with Gasteiger partial charge in [-0.05, 0) is 24.0 Å². The summed E-state index contributed by atoms with van der Waals surface area (Å²) in [7, 11) is 1.45. The van der Waals surface area contributed by atoms with Gasteiger partial charge in [0.05, 0.1) is 13.0 Å². The minimum absolute atomic E-state index is 0.0554. The Morgan fingerprint density at radius 2 is 2.06 bits per heavy atom. The zero-order valence-corrected chi connectivity index (χ0v) is 10.9. The maximum Gasteiger partial charge on any atom is 0.310 e. The third-order valence-electron chi connectivity index (χ3n) is 3.26. The van der Waals surface area contributed by atoms with Gasteiger partial charge in [-0.2, -0.15) is 0 Å². The van der Waals surface area contributed by atoms with Crippen molar-refractivity contribution in [3.63, 3.8) is 0 Å². The second-order valence-corrected chi connectivity index (χ2v) is 5.05. The van der Waals surface area contributed by atoms with Gasteiger partial charge in [0.2, 0.25) is 0 Å². The fraction of sp³-hybridized carbons (Fsp3) is 0.462. The number of methoxy groups -OCH3 is 1. The quantitative estimate of drug-likeness (QED) is 0.657. The van der Waals surface area contributed by atoms with E-state index in [4.69, 9.17) is 4.74 Å². The third kappa shape index (κ3) is 2.64. The van der Waals surface area contributed by atoms with Crippen LogP contribution in [0.3, 0.4) is 0 Å². The molecule has 2 atom stereocenters. The summed E-state index contributed by atoms with van der Waals surface area (Å²) in [4.78, 5) is 12.9. The Kier molecular flexibility index (Phi) is 4.07. The van der Waals surface area contributed by atoms with Crippen molar-refractivity contribution < 1.29 is 9.53 Å². The first-order valence-corrected chi connectivity index (χ1v) is 6.91. The van der Waals surface area contributed by atoms with Crippen LogP contribution in [-0.2, 0) is 9.53 Å². The molecule has 0 radical (unpaired) electrons. The minimum atomic E-state index is -0.117. The lowest BCUT2D eigenvalue weighted by molar-refractivity contribution is -0.145. The first-order valence-electron chi connectivity index (χ1n) is 5.68. The topological polar surface area (TPSA) is 38.3 Å². The number of carbonyl (C=O) groups excluding carboxylic acids is 1. The van der Waals surface area contributed by atoms with Gasteiger partial charge in [0.25, 0.3) is 0 Å². The second kappa shape index (κ2) is 5.56. The first-order chi connectivity index (χ1) is 8.26. The summed E-state index contributed by atoms with van der Waals surface area (Å²) in [6, 6.07) is 8.43. The highest BCUT2D eigenvalue weighted by Crippen LogP contribution is 2.30. The van der Waals surface area contributed by atoms with Crippen LogP contribution in [0.15, 0.2) is 29.2 Å². The van der Waals surface area contributed by atoms with Crippen molar-refractivity contribution in [2.24, 2.45) is 5.92 Å². The van der Waals surface area contributed by atoms with Crippen LogP contribution in [-0.4, -0.2) is 32.4 Å². The van der Waals surface area contributed by atoms with E-state index in [9.17, 15) is 4.79 Å². The molecule has 1 heterocycles. The number of ether oxygens (including phenoxy) is 1. The van der Waals surface area contributed by atoms with Gasteiger partial charge in [-0.1, -0.05) is 12.1 Å². The number of benzene rings is 1. The summed E-state index contributed by atoms with van der Waals surface area (Å²) in [5, 5.41) is 3.26. The van der Waals surface area contributed by atoms with E-state index in [0.717, 1.165) is 6.54 Å². The lowest BCUT2D eigenvalue weighted by atomic mass is 9.89. The zero-order chi connectivity index (χ0) is 12.3. The number of rotatable bonds is 3. The van der Waals surface area contributed by atoms with E-state index in [1.165, 1.54) is 17.6 Å². The third-order valence-corrected chi connectivity index (χ3v) is 4.01. The molecule has 1 aromatic rings. The molecule has 17 heavy (non-hydrogen) atoms. The number of esters is 1. The van der Waals surface area contributed by atoms with Gasteiger partial charge < -0.3 is 10.1 Å². The highest BCUT2D eigenvalue weighted by atomic mass is 32.2. The molecule has 1 fully saturated rings. The molecule has 0 aromatic heterocycles. The molecule has 4 heteroatoms. The highest BCUT2D eigenvalue weighted by Gasteiger charge is 2.34. The lowest BCUT2D eigenvalue weighted by Gasteiger charge is -2.16.